The molecule has 0 aromatic rings. The summed E-state index contributed by atoms with van der Waals surface area (Å²) in [5.74, 6) is 3.15. The molecule has 0 N–H and O–H groups in total. The van der Waals surface area contributed by atoms with Crippen LogP contribution in [0.5, 0.6) is 0 Å². The fourth-order valence-corrected chi connectivity index (χ4v) is 3.21. The van der Waals surface area contributed by atoms with Crippen LogP contribution in [-0.2, 0) is 4.74 Å². The van der Waals surface area contributed by atoms with Crippen LogP contribution in [0.15, 0.2) is 48.8 Å². The lowest BCUT2D eigenvalue weighted by Crippen LogP contribution is -2.33. The Morgan fingerprint density at radius 2 is 2.17 bits per heavy atom. The van der Waals surface area contributed by atoms with Gasteiger partial charge < -0.3 is 4.74 Å². The van der Waals surface area contributed by atoms with E-state index in [9.17, 15) is 0 Å². The van der Waals surface area contributed by atoms with Gasteiger partial charge >= 0.3 is 0 Å². The third kappa shape index (κ3) is 2.04. The second-order valence-corrected chi connectivity index (χ2v) is 5.07. The standard InChI is InChI=1S/C17H20O/c1-4-9-17(10-5-2)11-7-14(6-3)15-8-12-18-13-16(15)17/h3-5,8,12,14H,1-2,7,9-11,13H2. The van der Waals surface area contributed by atoms with E-state index in [4.69, 9.17) is 11.2 Å². The van der Waals surface area contributed by atoms with Crippen LogP contribution in [-0.4, -0.2) is 6.61 Å². The Kier molecular flexibility index (Phi) is 3.77. The van der Waals surface area contributed by atoms with E-state index in [-0.39, 0.29) is 11.3 Å². The van der Waals surface area contributed by atoms with Gasteiger partial charge in [0, 0.05) is 11.3 Å². The monoisotopic (exact) mass is 240 g/mol. The Bertz CT molecular complexity index is 435. The zero-order chi connectivity index (χ0) is 13.0. The van der Waals surface area contributed by atoms with Crippen molar-refractivity contribution < 1.29 is 4.74 Å². The average molecular weight is 240 g/mol. The van der Waals surface area contributed by atoms with Gasteiger partial charge in [-0.15, -0.1) is 19.6 Å². The number of hydrogen-bond donors (Lipinski definition) is 0. The quantitative estimate of drug-likeness (QED) is 0.533. The van der Waals surface area contributed by atoms with Crippen LogP contribution in [0.1, 0.15) is 25.7 Å². The molecule has 1 nitrogen and oxygen atoms in total. The van der Waals surface area contributed by atoms with Crippen molar-refractivity contribution in [1.82, 2.24) is 0 Å². The highest BCUT2D eigenvalue weighted by atomic mass is 16.5. The van der Waals surface area contributed by atoms with Crippen molar-refractivity contribution in [2.45, 2.75) is 25.7 Å². The van der Waals surface area contributed by atoms with Crippen LogP contribution in [0.2, 0.25) is 0 Å². The predicted molar refractivity (Wildman–Crippen MR) is 75.7 cm³/mol. The molecular formula is C17H20O. The Morgan fingerprint density at radius 3 is 2.78 bits per heavy atom. The molecule has 2 aliphatic rings. The summed E-state index contributed by atoms with van der Waals surface area (Å²) in [4.78, 5) is 0. The molecule has 0 aromatic heterocycles. The molecule has 1 atom stereocenters. The number of hydrogen-bond acceptors (Lipinski definition) is 1. The molecule has 18 heavy (non-hydrogen) atoms. The summed E-state index contributed by atoms with van der Waals surface area (Å²) in [5.41, 5.74) is 2.77. The second kappa shape index (κ2) is 5.31. The maximum atomic E-state index is 5.65. The highest BCUT2D eigenvalue weighted by molar-refractivity contribution is 5.41. The molecule has 0 bridgehead atoms. The van der Waals surface area contributed by atoms with Crippen molar-refractivity contribution in [3.05, 3.63) is 48.8 Å². The van der Waals surface area contributed by atoms with Crippen LogP contribution < -0.4 is 0 Å². The molecule has 1 heterocycles. The third-order valence-corrected chi connectivity index (χ3v) is 4.12. The third-order valence-electron chi connectivity index (χ3n) is 4.12. The number of ether oxygens (including phenoxy) is 1. The first-order valence-corrected chi connectivity index (χ1v) is 6.47. The summed E-state index contributed by atoms with van der Waals surface area (Å²) in [6.07, 6.45) is 17.5. The number of allylic oxidation sites excluding steroid dienone is 4. The SMILES string of the molecule is C#CC1CCC(CC=C)(CC=C)C2=C1C=COC2. The Balaban J connectivity index is 2.48. The van der Waals surface area contributed by atoms with Crippen molar-refractivity contribution in [3.8, 4) is 12.3 Å². The molecule has 0 saturated heterocycles. The molecule has 0 spiro atoms. The van der Waals surface area contributed by atoms with E-state index in [1.54, 1.807) is 6.26 Å². The summed E-state index contributed by atoms with van der Waals surface area (Å²) >= 11 is 0. The van der Waals surface area contributed by atoms with E-state index >= 15 is 0 Å². The van der Waals surface area contributed by atoms with Gasteiger partial charge in [0.15, 0.2) is 0 Å². The Morgan fingerprint density at radius 1 is 1.44 bits per heavy atom. The van der Waals surface area contributed by atoms with Gasteiger partial charge in [-0.3, -0.25) is 0 Å². The van der Waals surface area contributed by atoms with Gasteiger partial charge in [-0.25, -0.2) is 0 Å². The van der Waals surface area contributed by atoms with Crippen molar-refractivity contribution in [1.29, 1.82) is 0 Å². The summed E-state index contributed by atoms with van der Waals surface area (Å²) in [6.45, 7) is 8.46. The maximum absolute atomic E-state index is 5.65. The average Bonchev–Trinajstić information content (AvgIpc) is 2.40. The molecule has 1 aliphatic heterocycles. The summed E-state index contributed by atoms with van der Waals surface area (Å²) in [5, 5.41) is 0. The van der Waals surface area contributed by atoms with E-state index in [0.29, 0.717) is 6.61 Å². The lowest BCUT2D eigenvalue weighted by molar-refractivity contribution is 0.199. The summed E-state index contributed by atoms with van der Waals surface area (Å²) < 4.78 is 5.50. The van der Waals surface area contributed by atoms with Gasteiger partial charge in [-0.2, -0.15) is 0 Å². The maximum Gasteiger partial charge on any atom is 0.110 e. The van der Waals surface area contributed by atoms with Gasteiger partial charge in [0.2, 0.25) is 0 Å². The minimum atomic E-state index is 0.122. The molecule has 1 aliphatic carbocycles. The molecular weight excluding hydrogens is 220 g/mol. The second-order valence-electron chi connectivity index (χ2n) is 5.07. The smallest absolute Gasteiger partial charge is 0.110 e. The number of terminal acetylenes is 1. The van der Waals surface area contributed by atoms with Crippen LogP contribution in [0, 0.1) is 23.7 Å². The molecule has 0 radical (unpaired) electrons. The topological polar surface area (TPSA) is 9.23 Å². The Labute approximate surface area is 110 Å². The molecule has 0 amide bonds. The summed E-state index contributed by atoms with van der Waals surface area (Å²) in [6, 6.07) is 0. The predicted octanol–water partition coefficient (Wildman–Crippen LogP) is 4.01. The van der Waals surface area contributed by atoms with Crippen LogP contribution in [0.25, 0.3) is 0 Å². The van der Waals surface area contributed by atoms with Gasteiger partial charge in [0.05, 0.1) is 6.26 Å². The van der Waals surface area contributed by atoms with Gasteiger partial charge in [0.1, 0.15) is 6.61 Å². The minimum Gasteiger partial charge on any atom is -0.497 e. The van der Waals surface area contributed by atoms with Crippen LogP contribution >= 0.6 is 0 Å². The van der Waals surface area contributed by atoms with Crippen LogP contribution in [0.4, 0.5) is 0 Å². The highest BCUT2D eigenvalue weighted by Crippen LogP contribution is 2.49. The molecule has 2 rings (SSSR count). The molecule has 1 heteroatoms. The molecule has 94 valence electrons. The largest absolute Gasteiger partial charge is 0.497 e. The van der Waals surface area contributed by atoms with E-state index in [2.05, 4.69) is 19.1 Å². The first-order chi connectivity index (χ1) is 8.77. The molecule has 0 fully saturated rings. The van der Waals surface area contributed by atoms with Gasteiger partial charge in [0.25, 0.3) is 0 Å². The Hall–Kier alpha value is -1.68. The van der Waals surface area contributed by atoms with Crippen molar-refractivity contribution in [3.63, 3.8) is 0 Å². The van der Waals surface area contributed by atoms with Crippen LogP contribution in [0.3, 0.4) is 0 Å². The van der Waals surface area contributed by atoms with Gasteiger partial charge in [-0.05, 0) is 42.9 Å². The fourth-order valence-electron chi connectivity index (χ4n) is 3.21. The number of rotatable bonds is 4. The first-order valence-electron chi connectivity index (χ1n) is 6.47. The van der Waals surface area contributed by atoms with E-state index in [1.807, 2.05) is 18.2 Å². The zero-order valence-corrected chi connectivity index (χ0v) is 10.8. The van der Waals surface area contributed by atoms with E-state index in [1.165, 1.54) is 11.1 Å². The summed E-state index contributed by atoms with van der Waals surface area (Å²) in [7, 11) is 0. The lowest BCUT2D eigenvalue weighted by Gasteiger charge is -2.42. The fraction of sp³-hybridized carbons (Fsp3) is 0.412. The first kappa shape index (κ1) is 12.8. The normalized spacial score (nSPS) is 24.7. The minimum absolute atomic E-state index is 0.122. The molecule has 1 unspecified atom stereocenters. The van der Waals surface area contributed by atoms with E-state index in [0.717, 1.165) is 25.7 Å². The van der Waals surface area contributed by atoms with Crippen molar-refractivity contribution in [2.24, 2.45) is 11.3 Å². The molecule has 0 aromatic carbocycles. The van der Waals surface area contributed by atoms with Gasteiger partial charge in [-0.1, -0.05) is 18.1 Å². The van der Waals surface area contributed by atoms with E-state index < -0.39 is 0 Å². The molecule has 0 saturated carbocycles. The van der Waals surface area contributed by atoms with Crippen molar-refractivity contribution >= 4 is 0 Å². The lowest BCUT2D eigenvalue weighted by atomic mass is 9.63. The van der Waals surface area contributed by atoms with Crippen molar-refractivity contribution in [2.75, 3.05) is 6.61 Å². The zero-order valence-electron chi connectivity index (χ0n) is 10.8. The highest BCUT2D eigenvalue weighted by Gasteiger charge is 2.39.